The molecule has 0 aliphatic heterocycles. The van der Waals surface area contributed by atoms with Crippen LogP contribution in [0.15, 0.2) is 48.5 Å². The number of fused-ring (bicyclic) bond motifs is 1. The largest absolute Gasteiger partial charge is 0.488 e. The molecule has 3 rings (SSSR count). The third kappa shape index (κ3) is 3.63. The molecule has 0 aliphatic rings. The molecule has 1 heterocycles. The lowest BCUT2D eigenvalue weighted by Gasteiger charge is -2.09. The Hall–Kier alpha value is -3.44. The summed E-state index contributed by atoms with van der Waals surface area (Å²) >= 11 is 0. The number of aromatic carboxylic acids is 1. The lowest BCUT2D eigenvalue weighted by atomic mass is 10.0. The third-order valence-corrected chi connectivity index (χ3v) is 3.95. The van der Waals surface area contributed by atoms with Gasteiger partial charge in [0.2, 0.25) is 0 Å². The molecular formula is C18H10FNO5S. The Bertz CT molecular complexity index is 1160. The van der Waals surface area contributed by atoms with Crippen molar-refractivity contribution in [2.24, 2.45) is 0 Å². The monoisotopic (exact) mass is 371 g/mol. The molecule has 0 radical (unpaired) electrons. The van der Waals surface area contributed by atoms with Crippen LogP contribution in [0.2, 0.25) is 0 Å². The number of pyridine rings is 1. The average Bonchev–Trinajstić information content (AvgIpc) is 2.59. The van der Waals surface area contributed by atoms with Gasteiger partial charge in [0.05, 0.1) is 16.8 Å². The summed E-state index contributed by atoms with van der Waals surface area (Å²) in [4.78, 5) is 16.0. The van der Waals surface area contributed by atoms with Crippen molar-refractivity contribution in [3.8, 4) is 29.4 Å². The molecule has 2 aromatic carbocycles. The van der Waals surface area contributed by atoms with Gasteiger partial charge < -0.3 is 9.29 Å². The van der Waals surface area contributed by atoms with Crippen LogP contribution in [0.3, 0.4) is 0 Å². The van der Waals surface area contributed by atoms with E-state index in [1.54, 1.807) is 24.3 Å². The predicted octanol–water partition coefficient (Wildman–Crippen LogP) is 3.17. The van der Waals surface area contributed by atoms with Crippen LogP contribution in [0, 0.1) is 12.3 Å². The maximum absolute atomic E-state index is 12.7. The highest BCUT2D eigenvalue weighted by Crippen LogP contribution is 2.28. The molecule has 0 bridgehead atoms. The lowest BCUT2D eigenvalue weighted by molar-refractivity contribution is 0.0699. The first-order chi connectivity index (χ1) is 12.3. The summed E-state index contributed by atoms with van der Waals surface area (Å²) in [7, 11) is -5.22. The Morgan fingerprint density at radius 3 is 2.42 bits per heavy atom. The number of benzene rings is 2. The molecule has 6 nitrogen and oxygen atoms in total. The maximum Gasteiger partial charge on any atom is 0.488 e. The third-order valence-electron chi connectivity index (χ3n) is 3.55. The van der Waals surface area contributed by atoms with E-state index in [9.17, 15) is 22.2 Å². The van der Waals surface area contributed by atoms with Crippen LogP contribution in [0.1, 0.15) is 15.9 Å². The lowest BCUT2D eigenvalue weighted by Crippen LogP contribution is -2.03. The zero-order valence-corrected chi connectivity index (χ0v) is 13.8. The predicted molar refractivity (Wildman–Crippen MR) is 92.7 cm³/mol. The second kappa shape index (κ2) is 6.46. The van der Waals surface area contributed by atoms with Crippen LogP contribution in [0.4, 0.5) is 3.89 Å². The molecule has 0 fully saturated rings. The minimum absolute atomic E-state index is 0.114. The van der Waals surface area contributed by atoms with E-state index in [0.29, 0.717) is 16.8 Å². The van der Waals surface area contributed by atoms with Crippen molar-refractivity contribution in [2.45, 2.75) is 0 Å². The molecule has 0 atom stereocenters. The first-order valence-electron chi connectivity index (χ1n) is 7.16. The smallest absolute Gasteiger partial charge is 0.478 e. The number of nitrogens with zero attached hydrogens (tertiary/aromatic N) is 1. The summed E-state index contributed by atoms with van der Waals surface area (Å²) in [6.07, 6.45) is 5.31. The van der Waals surface area contributed by atoms with Gasteiger partial charge in [-0.15, -0.1) is 6.42 Å². The van der Waals surface area contributed by atoms with Gasteiger partial charge in [-0.2, -0.15) is 8.42 Å². The van der Waals surface area contributed by atoms with Crippen molar-refractivity contribution < 1.29 is 26.4 Å². The summed E-state index contributed by atoms with van der Waals surface area (Å²) in [5.41, 5.74) is 1.87. The highest BCUT2D eigenvalue weighted by atomic mass is 32.3. The van der Waals surface area contributed by atoms with Crippen molar-refractivity contribution in [3.05, 3.63) is 59.7 Å². The molecule has 1 aromatic heterocycles. The fraction of sp³-hybridized carbons (Fsp3) is 0. The molecule has 130 valence electrons. The average molecular weight is 371 g/mol. The maximum atomic E-state index is 12.7. The number of rotatable bonds is 4. The topological polar surface area (TPSA) is 93.6 Å². The van der Waals surface area contributed by atoms with Crippen molar-refractivity contribution >= 4 is 27.4 Å². The fourth-order valence-corrected chi connectivity index (χ4v) is 2.77. The van der Waals surface area contributed by atoms with E-state index in [-0.39, 0.29) is 22.2 Å². The Labute approximate surface area is 148 Å². The number of halogens is 1. The molecule has 3 aromatic rings. The van der Waals surface area contributed by atoms with E-state index in [0.717, 1.165) is 6.07 Å². The molecule has 1 N–H and O–H groups in total. The zero-order valence-electron chi connectivity index (χ0n) is 13.0. The van der Waals surface area contributed by atoms with Crippen LogP contribution in [0.5, 0.6) is 5.75 Å². The molecule has 8 heteroatoms. The summed E-state index contributed by atoms with van der Waals surface area (Å²) in [5.74, 6) is 0.879. The van der Waals surface area contributed by atoms with Crippen LogP contribution < -0.4 is 4.18 Å². The van der Waals surface area contributed by atoms with E-state index in [2.05, 4.69) is 15.1 Å². The summed E-state index contributed by atoms with van der Waals surface area (Å²) in [6.45, 7) is 0. The van der Waals surface area contributed by atoms with Crippen LogP contribution >= 0.6 is 0 Å². The van der Waals surface area contributed by atoms with Gasteiger partial charge in [0, 0.05) is 16.5 Å². The van der Waals surface area contributed by atoms with Gasteiger partial charge in [0.1, 0.15) is 5.75 Å². The summed E-state index contributed by atoms with van der Waals surface area (Å²) in [6, 6.07) is 11.8. The minimum atomic E-state index is -5.22. The van der Waals surface area contributed by atoms with Gasteiger partial charge in [0.25, 0.3) is 0 Å². The first kappa shape index (κ1) is 17.4. The number of hydrogen-bond donors (Lipinski definition) is 1. The Balaban J connectivity index is 2.18. The fourth-order valence-electron chi connectivity index (χ4n) is 2.43. The highest BCUT2D eigenvalue weighted by molar-refractivity contribution is 7.81. The molecule has 0 saturated carbocycles. The molecule has 0 aliphatic carbocycles. The van der Waals surface area contributed by atoms with Gasteiger partial charge >= 0.3 is 16.5 Å². The number of terminal acetylenes is 1. The number of hydrogen-bond acceptors (Lipinski definition) is 5. The molecule has 0 unspecified atom stereocenters. The van der Waals surface area contributed by atoms with E-state index in [1.165, 1.54) is 18.2 Å². The normalized spacial score (nSPS) is 11.1. The van der Waals surface area contributed by atoms with E-state index in [1.807, 2.05) is 0 Å². The summed E-state index contributed by atoms with van der Waals surface area (Å²) < 4.78 is 38.1. The van der Waals surface area contributed by atoms with Gasteiger partial charge in [0.15, 0.2) is 0 Å². The van der Waals surface area contributed by atoms with Crippen molar-refractivity contribution in [1.82, 2.24) is 4.98 Å². The van der Waals surface area contributed by atoms with E-state index < -0.39 is 16.5 Å². The Morgan fingerprint density at radius 2 is 1.85 bits per heavy atom. The van der Waals surface area contributed by atoms with E-state index >= 15 is 0 Å². The second-order valence-electron chi connectivity index (χ2n) is 5.24. The number of carboxylic acids is 1. The minimum Gasteiger partial charge on any atom is -0.478 e. The zero-order chi connectivity index (χ0) is 18.9. The van der Waals surface area contributed by atoms with Crippen LogP contribution in [-0.4, -0.2) is 24.5 Å². The highest BCUT2D eigenvalue weighted by Gasteiger charge is 2.16. The molecule has 0 amide bonds. The number of aromatic nitrogens is 1. The molecule has 0 saturated heterocycles. The first-order valence-corrected chi connectivity index (χ1v) is 8.47. The summed E-state index contributed by atoms with van der Waals surface area (Å²) in [5, 5.41) is 9.59. The molecule has 0 spiro atoms. The van der Waals surface area contributed by atoms with Crippen molar-refractivity contribution in [2.75, 3.05) is 0 Å². The van der Waals surface area contributed by atoms with E-state index in [4.69, 9.17) is 6.42 Å². The SMILES string of the molecule is C#Cc1ccc(-c2cc(C(=O)O)c3cc(OS(=O)(=O)F)ccc3n2)cc1. The van der Waals surface area contributed by atoms with Crippen LogP contribution in [0.25, 0.3) is 22.2 Å². The van der Waals surface area contributed by atoms with Gasteiger partial charge in [-0.3, -0.25) is 0 Å². The van der Waals surface area contributed by atoms with Gasteiger partial charge in [-0.25, -0.2) is 9.78 Å². The number of carbonyl (C=O) groups is 1. The molecule has 26 heavy (non-hydrogen) atoms. The van der Waals surface area contributed by atoms with Crippen LogP contribution in [-0.2, 0) is 10.5 Å². The Morgan fingerprint density at radius 1 is 1.15 bits per heavy atom. The molecular weight excluding hydrogens is 361 g/mol. The van der Waals surface area contributed by atoms with Gasteiger partial charge in [-0.1, -0.05) is 21.9 Å². The van der Waals surface area contributed by atoms with Crippen molar-refractivity contribution in [1.29, 1.82) is 0 Å². The second-order valence-corrected chi connectivity index (χ2v) is 6.19. The van der Waals surface area contributed by atoms with Crippen molar-refractivity contribution in [3.63, 3.8) is 0 Å². The quantitative estimate of drug-likeness (QED) is 0.559. The number of carboxylic acid groups (broad SMARTS) is 1. The Kier molecular flexibility index (Phi) is 4.32. The standard InChI is InChI=1S/C18H10FNO5S/c1-2-11-3-5-12(6-4-11)17-10-15(18(21)22)14-9-13(25-26(19,23)24)7-8-16(14)20-17/h1,3-10H,(H,21,22). The van der Waals surface area contributed by atoms with Gasteiger partial charge in [-0.05, 0) is 36.4 Å².